The van der Waals surface area contributed by atoms with E-state index in [1.807, 2.05) is 28.9 Å². The van der Waals surface area contributed by atoms with Gasteiger partial charge in [-0.1, -0.05) is 35.4 Å². The topological polar surface area (TPSA) is 15.7 Å². The fourth-order valence-corrected chi connectivity index (χ4v) is 6.92. The molecule has 0 bridgehead atoms. The number of halogens is 3. The molecule has 1 saturated heterocycles. The van der Waals surface area contributed by atoms with Crippen molar-refractivity contribution in [3.63, 3.8) is 0 Å². The number of benzene rings is 3. The number of hydrogen-bond donors (Lipinski definition) is 0. The van der Waals surface area contributed by atoms with Gasteiger partial charge in [-0.2, -0.15) is 6.67 Å². The van der Waals surface area contributed by atoms with E-state index >= 15 is 0 Å². The zero-order valence-corrected chi connectivity index (χ0v) is 26.6. The molecule has 3 nitrogen and oxygen atoms in total. The molecule has 1 atom stereocenters. The first kappa shape index (κ1) is 30.0. The molecule has 0 saturated carbocycles. The Morgan fingerprint density at radius 2 is 1.24 bits per heavy atom. The Hall–Kier alpha value is -1.58. The van der Waals surface area contributed by atoms with E-state index in [2.05, 4.69) is 82.3 Å². The number of ether oxygens (including phenoxy) is 1. The van der Waals surface area contributed by atoms with Crippen LogP contribution in [0.3, 0.4) is 0 Å². The van der Waals surface area contributed by atoms with Crippen LogP contribution < -0.4 is 14.5 Å². The smallest absolute Gasteiger partial charge is 0.0146 e. The number of rotatable bonds is 5. The van der Waals surface area contributed by atoms with E-state index in [4.69, 9.17) is 35.7 Å². The maximum absolute atomic E-state index is 5.79. The average Bonchev–Trinajstić information content (AvgIpc) is 3.22. The molecule has 37 heavy (non-hydrogen) atoms. The molecule has 1 fully saturated rings. The number of para-hydroxylation sites is 1. The van der Waals surface area contributed by atoms with Crippen molar-refractivity contribution in [1.82, 2.24) is 0 Å². The summed E-state index contributed by atoms with van der Waals surface area (Å²) >= 11 is 3.92. The third kappa shape index (κ3) is 8.20. The molecule has 0 aliphatic carbocycles. The summed E-state index contributed by atoms with van der Waals surface area (Å²) < 4.78 is 7.22. The number of nitrogens with zero attached hydrogens (tertiary/aromatic N) is 2. The maximum Gasteiger partial charge on any atom is 0.0146 e. The fraction of sp³-hybridized carbons (Fsp3) is 0.333. The molecule has 1 heterocycles. The summed E-state index contributed by atoms with van der Waals surface area (Å²) in [7, 11) is 11.6. The van der Waals surface area contributed by atoms with Gasteiger partial charge in [-0.25, -0.2) is 0 Å². The molecule has 1 unspecified atom stereocenters. The van der Waals surface area contributed by atoms with Crippen molar-refractivity contribution in [2.75, 3.05) is 22.9 Å². The standard InChI is InChI=1S/C21H27N2.C9H9ClO.2ClH.Ru/c1-14-9-16(3)20(17(4)10-14)22-7-8-23(13-22)21-18(5)11-15(2)12-19(21)6;1-7-5-3-4-6-9(7)11-8(2)10;;;/h9-13H,7-8H2,1-6H3;1,3-6,8H,2H3;2*1H;/q-1;;;;+2/p-2. The summed E-state index contributed by atoms with van der Waals surface area (Å²) in [6.45, 7) is 19.3. The predicted molar refractivity (Wildman–Crippen MR) is 160 cm³/mol. The van der Waals surface area contributed by atoms with E-state index in [1.165, 1.54) is 44.8 Å². The van der Waals surface area contributed by atoms with Crippen LogP contribution in [0, 0.1) is 48.2 Å². The van der Waals surface area contributed by atoms with Gasteiger partial charge in [0, 0.05) is 24.5 Å². The number of aryl methyl sites for hydroxylation is 6. The van der Waals surface area contributed by atoms with E-state index in [0.29, 0.717) is 0 Å². The van der Waals surface area contributed by atoms with Gasteiger partial charge in [0.15, 0.2) is 0 Å². The van der Waals surface area contributed by atoms with Crippen LogP contribution in [0.15, 0.2) is 48.5 Å². The van der Waals surface area contributed by atoms with Gasteiger partial charge in [0.1, 0.15) is 0 Å². The second-order valence-electron chi connectivity index (χ2n) is 9.50. The first-order valence-electron chi connectivity index (χ1n) is 12.2. The van der Waals surface area contributed by atoms with Crippen LogP contribution in [0.2, 0.25) is 0 Å². The summed E-state index contributed by atoms with van der Waals surface area (Å²) in [6, 6.07) is 16.6. The van der Waals surface area contributed by atoms with Crippen LogP contribution in [0.1, 0.15) is 45.9 Å². The molecular formula is C30H36Cl3N2ORu-. The molecule has 3 aromatic rings. The van der Waals surface area contributed by atoms with Crippen molar-refractivity contribution in [1.29, 1.82) is 0 Å². The summed E-state index contributed by atoms with van der Waals surface area (Å²) in [5.74, 6) is 0.718. The molecule has 0 spiro atoms. The largest absolute Gasteiger partial charge is 0.502 e. The molecule has 0 radical (unpaired) electrons. The molecule has 3 aromatic carbocycles. The Bertz CT molecular complexity index is 1160. The van der Waals surface area contributed by atoms with Crippen LogP contribution in [0.25, 0.3) is 0 Å². The molecular weight excluding hydrogens is 612 g/mol. The van der Waals surface area contributed by atoms with Crippen LogP contribution >= 0.6 is 31.0 Å². The van der Waals surface area contributed by atoms with Crippen molar-refractivity contribution < 1.29 is 18.3 Å². The van der Waals surface area contributed by atoms with Gasteiger partial charge in [-0.15, -0.1) is 0 Å². The minimum Gasteiger partial charge on any atom is -0.502 e. The van der Waals surface area contributed by atoms with Gasteiger partial charge in [0.05, 0.1) is 0 Å². The molecule has 0 N–H and O–H groups in total. The van der Waals surface area contributed by atoms with Crippen molar-refractivity contribution in [3.8, 4) is 5.75 Å². The quantitative estimate of drug-likeness (QED) is 0.157. The Balaban J connectivity index is 0.000000233. The monoisotopic (exact) mass is 647 g/mol. The summed E-state index contributed by atoms with van der Waals surface area (Å²) in [4.78, 5) is 4.81. The fourth-order valence-electron chi connectivity index (χ4n) is 5.02. The minimum absolute atomic E-state index is 0.365. The second-order valence-corrected chi connectivity index (χ2v) is 15.8. The van der Waals surface area contributed by atoms with Gasteiger partial charge in [0.2, 0.25) is 0 Å². The van der Waals surface area contributed by atoms with E-state index in [0.717, 1.165) is 24.4 Å². The predicted octanol–water partition coefficient (Wildman–Crippen LogP) is 8.71. The van der Waals surface area contributed by atoms with E-state index in [-0.39, 0.29) is 5.56 Å². The summed E-state index contributed by atoms with van der Waals surface area (Å²) in [6.07, 6.45) is 0. The molecule has 0 aromatic heterocycles. The van der Waals surface area contributed by atoms with Crippen LogP contribution in [0.5, 0.6) is 5.75 Å². The van der Waals surface area contributed by atoms with Gasteiger partial charge in [0.25, 0.3) is 0 Å². The Kier molecular flexibility index (Phi) is 10.9. The second kappa shape index (κ2) is 13.5. The molecule has 0 amide bonds. The van der Waals surface area contributed by atoms with Crippen molar-refractivity contribution in [3.05, 3.63) is 94.1 Å². The van der Waals surface area contributed by atoms with Crippen molar-refractivity contribution in [2.45, 2.75) is 54.0 Å². The normalized spacial score (nSPS) is 14.2. The summed E-state index contributed by atoms with van der Waals surface area (Å²) in [5, 5.41) is 0. The molecule has 1 aliphatic heterocycles. The van der Waals surface area contributed by atoms with E-state index in [1.54, 1.807) is 6.92 Å². The molecule has 7 heteroatoms. The number of alkyl halides is 1. The van der Waals surface area contributed by atoms with Gasteiger partial charge in [-0.3, -0.25) is 0 Å². The van der Waals surface area contributed by atoms with E-state index < -0.39 is 13.5 Å². The van der Waals surface area contributed by atoms with E-state index in [9.17, 15) is 0 Å². The summed E-state index contributed by atoms with van der Waals surface area (Å²) in [5.41, 5.74) is 11.4. The van der Waals surface area contributed by atoms with Crippen LogP contribution in [-0.4, -0.2) is 23.3 Å². The van der Waals surface area contributed by atoms with Crippen LogP contribution in [0.4, 0.5) is 11.4 Å². The van der Waals surface area contributed by atoms with Gasteiger partial charge < -0.3 is 9.80 Å². The molecule has 202 valence electrons. The van der Waals surface area contributed by atoms with Crippen molar-refractivity contribution >= 4 is 47.0 Å². The third-order valence-electron chi connectivity index (χ3n) is 6.10. The van der Waals surface area contributed by atoms with Crippen molar-refractivity contribution in [2.24, 2.45) is 0 Å². The maximum atomic E-state index is 5.79. The third-order valence-corrected chi connectivity index (χ3v) is 8.02. The zero-order chi connectivity index (χ0) is 27.3. The number of hydrogen-bond acceptors (Lipinski definition) is 3. The van der Waals surface area contributed by atoms with Gasteiger partial charge >= 0.3 is 102 Å². The first-order chi connectivity index (χ1) is 17.5. The minimum atomic E-state index is -1.81. The van der Waals surface area contributed by atoms with Gasteiger partial charge in [-0.05, 0) is 63.8 Å². The number of anilines is 2. The Morgan fingerprint density at radius 3 is 1.65 bits per heavy atom. The Morgan fingerprint density at radius 1 is 0.811 bits per heavy atom. The first-order valence-corrected chi connectivity index (χ1v) is 18.1. The Labute approximate surface area is 240 Å². The average molecular weight is 648 g/mol. The SMILES string of the molecule is CC(Cl)Oc1ccccc1[CH]=[Ru]([Cl])[Cl].Cc1cc(C)c(N2[CH-]N(c3c(C)cc(C)cc3C)CC2)c(C)c1. The van der Waals surface area contributed by atoms with Crippen LogP contribution in [-0.2, 0) is 13.5 Å². The molecule has 4 rings (SSSR count). The molecule has 1 aliphatic rings. The zero-order valence-electron chi connectivity index (χ0n) is 22.6.